The summed E-state index contributed by atoms with van der Waals surface area (Å²) in [4.78, 5) is 12.7. The molecule has 0 bridgehead atoms. The zero-order valence-electron chi connectivity index (χ0n) is 16.0. The lowest BCUT2D eigenvalue weighted by molar-refractivity contribution is -0.196. The Labute approximate surface area is 155 Å². The fraction of sp³-hybridized carbons (Fsp3) is 0.762. The summed E-state index contributed by atoms with van der Waals surface area (Å²) in [6.07, 6.45) is 8.86. The maximum Gasteiger partial charge on any atom is 0.311 e. The molecule has 6 atom stereocenters. The van der Waals surface area contributed by atoms with Gasteiger partial charge < -0.3 is 19.0 Å². The van der Waals surface area contributed by atoms with Crippen molar-refractivity contribution >= 4 is 5.97 Å². The number of furan rings is 1. The summed E-state index contributed by atoms with van der Waals surface area (Å²) in [6.45, 7) is 4.42. The Balaban J connectivity index is 1.71. The molecule has 26 heavy (non-hydrogen) atoms. The number of rotatable bonds is 3. The van der Waals surface area contributed by atoms with E-state index in [1.807, 2.05) is 6.07 Å². The monoisotopic (exact) mass is 362 g/mol. The van der Waals surface area contributed by atoms with Crippen molar-refractivity contribution in [1.29, 1.82) is 0 Å². The molecule has 2 heterocycles. The second kappa shape index (κ2) is 6.10. The van der Waals surface area contributed by atoms with Gasteiger partial charge in [-0.25, -0.2) is 0 Å². The van der Waals surface area contributed by atoms with Crippen LogP contribution in [-0.2, 0) is 14.3 Å². The largest absolute Gasteiger partial charge is 0.472 e. The average Bonchev–Trinajstić information content (AvgIpc) is 3.29. The van der Waals surface area contributed by atoms with E-state index < -0.39 is 11.0 Å². The Bertz CT molecular complexity index is 670. The highest BCUT2D eigenvalue weighted by atomic mass is 16.5. The van der Waals surface area contributed by atoms with Crippen LogP contribution in [0, 0.1) is 22.7 Å². The van der Waals surface area contributed by atoms with Crippen LogP contribution < -0.4 is 0 Å². The molecular weight excluding hydrogens is 332 g/mol. The number of aliphatic hydroxyl groups is 1. The average molecular weight is 362 g/mol. The summed E-state index contributed by atoms with van der Waals surface area (Å²) in [5, 5.41) is 10.3. The molecule has 0 spiro atoms. The van der Waals surface area contributed by atoms with Gasteiger partial charge in [-0.2, -0.15) is 0 Å². The first-order valence-corrected chi connectivity index (χ1v) is 9.79. The summed E-state index contributed by atoms with van der Waals surface area (Å²) in [5.41, 5.74) is 0.0400. The van der Waals surface area contributed by atoms with Gasteiger partial charge in [0.05, 0.1) is 43.4 Å². The molecule has 2 saturated carbocycles. The molecule has 1 unspecified atom stereocenters. The van der Waals surface area contributed by atoms with Gasteiger partial charge in [-0.1, -0.05) is 13.3 Å². The normalized spacial score (nSPS) is 45.0. The van der Waals surface area contributed by atoms with Crippen molar-refractivity contribution in [2.24, 2.45) is 22.7 Å². The number of aliphatic hydroxyl groups excluding tert-OH is 1. The van der Waals surface area contributed by atoms with E-state index >= 15 is 0 Å². The first-order valence-electron chi connectivity index (χ1n) is 9.79. The van der Waals surface area contributed by atoms with E-state index in [1.165, 1.54) is 7.11 Å². The fourth-order valence-corrected chi connectivity index (χ4v) is 6.68. The van der Waals surface area contributed by atoms with Gasteiger partial charge in [0.15, 0.2) is 0 Å². The molecular formula is C21H30O5. The van der Waals surface area contributed by atoms with Crippen LogP contribution in [0.4, 0.5) is 0 Å². The molecule has 3 fully saturated rings. The number of hydrogen-bond acceptors (Lipinski definition) is 5. The predicted octanol–water partition coefficient (Wildman–Crippen LogP) is 3.87. The molecule has 144 valence electrons. The lowest BCUT2D eigenvalue weighted by atomic mass is 9.45. The van der Waals surface area contributed by atoms with Crippen LogP contribution in [0.1, 0.15) is 64.0 Å². The number of ether oxygens (including phenoxy) is 2. The van der Waals surface area contributed by atoms with Crippen molar-refractivity contribution in [3.63, 3.8) is 0 Å². The number of carbonyl (C=O) groups excluding carboxylic acids is 1. The van der Waals surface area contributed by atoms with E-state index in [0.717, 1.165) is 44.1 Å². The van der Waals surface area contributed by atoms with Crippen LogP contribution in [0.25, 0.3) is 0 Å². The summed E-state index contributed by atoms with van der Waals surface area (Å²) in [7, 11) is 1.49. The Morgan fingerprint density at radius 1 is 1.31 bits per heavy atom. The smallest absolute Gasteiger partial charge is 0.311 e. The number of carbonyl (C=O) groups is 1. The Morgan fingerprint density at radius 2 is 2.12 bits per heavy atom. The topological polar surface area (TPSA) is 68.9 Å². The van der Waals surface area contributed by atoms with Crippen LogP contribution >= 0.6 is 0 Å². The number of fused-ring (bicyclic) bond motifs is 3. The second-order valence-electron chi connectivity index (χ2n) is 9.03. The van der Waals surface area contributed by atoms with E-state index in [4.69, 9.17) is 13.9 Å². The minimum absolute atomic E-state index is 0.0310. The third-order valence-electron chi connectivity index (χ3n) is 7.93. The third kappa shape index (κ3) is 2.32. The maximum absolute atomic E-state index is 12.7. The Hall–Kier alpha value is -1.33. The van der Waals surface area contributed by atoms with Crippen LogP contribution in [0.2, 0.25) is 0 Å². The van der Waals surface area contributed by atoms with Crippen molar-refractivity contribution in [1.82, 2.24) is 0 Å². The first-order chi connectivity index (χ1) is 12.4. The summed E-state index contributed by atoms with van der Waals surface area (Å²) in [6, 6.07) is 1.95. The van der Waals surface area contributed by atoms with Crippen molar-refractivity contribution in [2.75, 3.05) is 13.7 Å². The predicted molar refractivity (Wildman–Crippen MR) is 95.3 cm³/mol. The minimum atomic E-state index is -0.512. The van der Waals surface area contributed by atoms with E-state index in [0.29, 0.717) is 0 Å². The molecule has 4 rings (SSSR count). The molecule has 1 aliphatic heterocycles. The van der Waals surface area contributed by atoms with E-state index in [-0.39, 0.29) is 35.9 Å². The van der Waals surface area contributed by atoms with Gasteiger partial charge in [0.1, 0.15) is 0 Å². The molecule has 0 aromatic carbocycles. The molecule has 3 aliphatic rings. The quantitative estimate of drug-likeness (QED) is 0.827. The molecule has 0 radical (unpaired) electrons. The summed E-state index contributed by atoms with van der Waals surface area (Å²) >= 11 is 0. The summed E-state index contributed by atoms with van der Waals surface area (Å²) < 4.78 is 16.9. The van der Waals surface area contributed by atoms with Crippen LogP contribution in [0.3, 0.4) is 0 Å². The molecule has 1 N–H and O–H groups in total. The highest BCUT2D eigenvalue weighted by molar-refractivity contribution is 5.77. The van der Waals surface area contributed by atoms with E-state index in [2.05, 4.69) is 13.8 Å². The van der Waals surface area contributed by atoms with Gasteiger partial charge in [-0.3, -0.25) is 4.79 Å². The van der Waals surface area contributed by atoms with Crippen LogP contribution in [0.5, 0.6) is 0 Å². The highest BCUT2D eigenvalue weighted by Gasteiger charge is 2.66. The van der Waals surface area contributed by atoms with Gasteiger partial charge in [0.25, 0.3) is 0 Å². The van der Waals surface area contributed by atoms with Gasteiger partial charge in [0.2, 0.25) is 0 Å². The summed E-state index contributed by atoms with van der Waals surface area (Å²) in [5.74, 6) is 0.394. The van der Waals surface area contributed by atoms with Crippen LogP contribution in [-0.4, -0.2) is 30.4 Å². The molecule has 5 nitrogen and oxygen atoms in total. The molecule has 1 saturated heterocycles. The second-order valence-corrected chi connectivity index (χ2v) is 9.03. The Kier molecular flexibility index (Phi) is 4.23. The highest BCUT2D eigenvalue weighted by Crippen LogP contribution is 2.67. The molecule has 1 aromatic rings. The lowest BCUT2D eigenvalue weighted by Crippen LogP contribution is -2.60. The fourth-order valence-electron chi connectivity index (χ4n) is 6.68. The molecule has 5 heteroatoms. The van der Waals surface area contributed by atoms with Gasteiger partial charge in [0, 0.05) is 5.56 Å². The first kappa shape index (κ1) is 18.1. The minimum Gasteiger partial charge on any atom is -0.472 e. The standard InChI is InChI=1S/C21H30O5/c1-19-7-4-8-20(2,18(23)24-3)16(19)5-9-21(13-22)17(19)11-15(26-21)14-6-10-25-12-14/h6,10,12,15-17,22H,4-5,7-9,11,13H2,1-3H3/t15-,16+,17-,19?,20-,21-/m0/s1. The number of hydrogen-bond donors (Lipinski definition) is 1. The van der Waals surface area contributed by atoms with Crippen molar-refractivity contribution < 1.29 is 23.8 Å². The lowest BCUT2D eigenvalue weighted by Gasteiger charge is -2.60. The van der Waals surface area contributed by atoms with Gasteiger partial charge in [-0.15, -0.1) is 0 Å². The molecule has 1 aromatic heterocycles. The Morgan fingerprint density at radius 3 is 2.77 bits per heavy atom. The van der Waals surface area contributed by atoms with E-state index in [1.54, 1.807) is 12.5 Å². The maximum atomic E-state index is 12.7. The third-order valence-corrected chi connectivity index (χ3v) is 7.93. The van der Waals surface area contributed by atoms with Crippen LogP contribution in [0.15, 0.2) is 23.0 Å². The zero-order valence-corrected chi connectivity index (χ0v) is 16.0. The zero-order chi connectivity index (χ0) is 18.6. The SMILES string of the molecule is COC(=O)[C@@]1(C)CCCC2(C)[C@H]1CC[C@@]1(CO)O[C@H](c3ccoc3)C[C@@H]21. The number of esters is 1. The van der Waals surface area contributed by atoms with Crippen molar-refractivity contribution in [3.05, 3.63) is 24.2 Å². The van der Waals surface area contributed by atoms with E-state index in [9.17, 15) is 9.90 Å². The van der Waals surface area contributed by atoms with Crippen molar-refractivity contribution in [2.45, 2.75) is 64.1 Å². The molecule has 2 aliphatic carbocycles. The molecule has 0 amide bonds. The van der Waals surface area contributed by atoms with Gasteiger partial charge >= 0.3 is 5.97 Å². The van der Waals surface area contributed by atoms with Gasteiger partial charge in [-0.05, 0) is 62.3 Å². The van der Waals surface area contributed by atoms with Crippen molar-refractivity contribution in [3.8, 4) is 0 Å². The number of methoxy groups -OCH3 is 1.